The summed E-state index contributed by atoms with van der Waals surface area (Å²) in [6.45, 7) is 1.63. The predicted octanol–water partition coefficient (Wildman–Crippen LogP) is 0.758. The first-order chi connectivity index (χ1) is 9.68. The average molecular weight is 295 g/mol. The van der Waals surface area contributed by atoms with Crippen molar-refractivity contribution in [3.05, 3.63) is 30.7 Å². The zero-order chi connectivity index (χ0) is 14.0. The molecule has 0 aliphatic carbocycles. The lowest BCUT2D eigenvalue weighted by atomic mass is 10.2. The molecule has 0 radical (unpaired) electrons. The second-order valence-corrected chi connectivity index (χ2v) is 6.22. The molecule has 1 saturated heterocycles. The lowest BCUT2D eigenvalue weighted by Gasteiger charge is -2.26. The van der Waals surface area contributed by atoms with E-state index >= 15 is 0 Å². The van der Waals surface area contributed by atoms with Gasteiger partial charge in [-0.05, 0) is 24.3 Å². The highest BCUT2D eigenvalue weighted by atomic mass is 32.2. The largest absolute Gasteiger partial charge is 0.423 e. The van der Waals surface area contributed by atoms with Crippen LogP contribution in [0, 0.1) is 0 Å². The molecule has 1 aliphatic heterocycles. The monoisotopic (exact) mass is 295 g/mol. The van der Waals surface area contributed by atoms with Crippen LogP contribution in [0.5, 0.6) is 0 Å². The number of nitrogens with zero attached hydrogens (tertiary/aromatic N) is 3. The van der Waals surface area contributed by atoms with Crippen molar-refractivity contribution in [1.82, 2.24) is 14.5 Å². The molecular formula is C12H13N3O4S. The van der Waals surface area contributed by atoms with Crippen molar-refractivity contribution < 1.29 is 17.6 Å². The first-order valence-electron chi connectivity index (χ1n) is 6.12. The van der Waals surface area contributed by atoms with E-state index in [0.717, 1.165) is 0 Å². The molecule has 3 rings (SSSR count). The van der Waals surface area contributed by atoms with Crippen molar-refractivity contribution in [3.63, 3.8) is 0 Å². The molecule has 1 fully saturated rings. The third-order valence-electron chi connectivity index (χ3n) is 3.07. The molecule has 0 amide bonds. The molecule has 8 heteroatoms. The van der Waals surface area contributed by atoms with Gasteiger partial charge in [-0.2, -0.15) is 4.31 Å². The molecule has 2 aromatic rings. The third kappa shape index (κ3) is 2.45. The summed E-state index contributed by atoms with van der Waals surface area (Å²) in [7, 11) is -3.46. The fraction of sp³-hybridized carbons (Fsp3) is 0.333. The molecule has 0 unspecified atom stereocenters. The Balaban J connectivity index is 1.87. The van der Waals surface area contributed by atoms with E-state index in [1.54, 1.807) is 24.3 Å². The third-order valence-corrected chi connectivity index (χ3v) is 4.98. The SMILES string of the molecule is O=S(=O)(c1ccc(-c2nnco2)cc1)N1CCOCC1. The van der Waals surface area contributed by atoms with E-state index in [9.17, 15) is 8.42 Å². The van der Waals surface area contributed by atoms with Crippen LogP contribution in [0.1, 0.15) is 0 Å². The fourth-order valence-corrected chi connectivity index (χ4v) is 3.41. The van der Waals surface area contributed by atoms with Crippen LogP contribution < -0.4 is 0 Å². The molecule has 106 valence electrons. The number of rotatable bonds is 3. The second kappa shape index (κ2) is 5.31. The van der Waals surface area contributed by atoms with Gasteiger partial charge >= 0.3 is 0 Å². The smallest absolute Gasteiger partial charge is 0.247 e. The van der Waals surface area contributed by atoms with Crippen LogP contribution in [0.25, 0.3) is 11.5 Å². The Morgan fingerprint density at radius 2 is 1.80 bits per heavy atom. The fourth-order valence-electron chi connectivity index (χ4n) is 2.00. The van der Waals surface area contributed by atoms with Gasteiger partial charge in [0.25, 0.3) is 0 Å². The Bertz CT molecular complexity index is 661. The Labute approximate surface area is 116 Å². The van der Waals surface area contributed by atoms with Crippen LogP contribution in [0.15, 0.2) is 40.0 Å². The van der Waals surface area contributed by atoms with Gasteiger partial charge in [-0.1, -0.05) is 0 Å². The van der Waals surface area contributed by atoms with Crippen molar-refractivity contribution in [2.45, 2.75) is 4.90 Å². The van der Waals surface area contributed by atoms with Crippen LogP contribution in [-0.2, 0) is 14.8 Å². The van der Waals surface area contributed by atoms with Crippen LogP contribution in [0.4, 0.5) is 0 Å². The van der Waals surface area contributed by atoms with Gasteiger partial charge in [0.1, 0.15) is 0 Å². The number of benzene rings is 1. The van der Waals surface area contributed by atoms with Crippen LogP contribution in [-0.4, -0.2) is 49.2 Å². The standard InChI is InChI=1S/C12H13N3O4S/c16-20(17,15-5-7-18-8-6-15)11-3-1-10(2-4-11)12-14-13-9-19-12/h1-4,9H,5-8H2. The number of sulfonamides is 1. The van der Waals surface area contributed by atoms with E-state index in [1.165, 1.54) is 10.7 Å². The molecule has 20 heavy (non-hydrogen) atoms. The summed E-state index contributed by atoms with van der Waals surface area (Å²) in [4.78, 5) is 0.252. The zero-order valence-corrected chi connectivity index (χ0v) is 11.4. The molecule has 1 aromatic heterocycles. The van der Waals surface area contributed by atoms with Gasteiger partial charge in [0, 0.05) is 18.7 Å². The quantitative estimate of drug-likeness (QED) is 0.831. The summed E-state index contributed by atoms with van der Waals surface area (Å²) in [6.07, 6.45) is 1.23. The minimum absolute atomic E-state index is 0.252. The average Bonchev–Trinajstić information content (AvgIpc) is 3.02. The van der Waals surface area contributed by atoms with E-state index in [0.29, 0.717) is 37.8 Å². The van der Waals surface area contributed by atoms with Gasteiger partial charge < -0.3 is 9.15 Å². The molecule has 1 aromatic carbocycles. The zero-order valence-electron chi connectivity index (χ0n) is 10.6. The number of morpholine rings is 1. The Hall–Kier alpha value is -1.77. The van der Waals surface area contributed by atoms with Crippen molar-refractivity contribution in [2.24, 2.45) is 0 Å². The maximum Gasteiger partial charge on any atom is 0.247 e. The second-order valence-electron chi connectivity index (χ2n) is 4.28. The van der Waals surface area contributed by atoms with Crippen molar-refractivity contribution in [3.8, 4) is 11.5 Å². The van der Waals surface area contributed by atoms with Gasteiger partial charge in [-0.3, -0.25) is 0 Å². The lowest BCUT2D eigenvalue weighted by Crippen LogP contribution is -2.40. The highest BCUT2D eigenvalue weighted by Crippen LogP contribution is 2.21. The summed E-state index contributed by atoms with van der Waals surface area (Å²) < 4.78 is 36.5. The number of hydrogen-bond acceptors (Lipinski definition) is 6. The number of ether oxygens (including phenoxy) is 1. The molecule has 1 aliphatic rings. The summed E-state index contributed by atoms with van der Waals surface area (Å²) in [6, 6.07) is 6.40. The Morgan fingerprint density at radius 1 is 1.10 bits per heavy atom. The van der Waals surface area contributed by atoms with E-state index < -0.39 is 10.0 Å². The first-order valence-corrected chi connectivity index (χ1v) is 7.56. The van der Waals surface area contributed by atoms with Crippen LogP contribution in [0.3, 0.4) is 0 Å². The van der Waals surface area contributed by atoms with Crippen molar-refractivity contribution in [2.75, 3.05) is 26.3 Å². The molecule has 0 atom stereocenters. The first kappa shape index (κ1) is 13.2. The molecule has 7 nitrogen and oxygen atoms in total. The van der Waals surface area contributed by atoms with E-state index in [2.05, 4.69) is 10.2 Å². The highest BCUT2D eigenvalue weighted by molar-refractivity contribution is 7.89. The van der Waals surface area contributed by atoms with Crippen molar-refractivity contribution in [1.29, 1.82) is 0 Å². The number of aromatic nitrogens is 2. The van der Waals surface area contributed by atoms with E-state index in [1.807, 2.05) is 0 Å². The Morgan fingerprint density at radius 3 is 2.40 bits per heavy atom. The maximum absolute atomic E-state index is 12.4. The van der Waals surface area contributed by atoms with Crippen LogP contribution in [0.2, 0.25) is 0 Å². The van der Waals surface area contributed by atoms with Gasteiger partial charge in [-0.25, -0.2) is 8.42 Å². The molecule has 0 saturated carbocycles. The van der Waals surface area contributed by atoms with E-state index in [-0.39, 0.29) is 4.90 Å². The summed E-state index contributed by atoms with van der Waals surface area (Å²) in [5.41, 5.74) is 0.684. The summed E-state index contributed by atoms with van der Waals surface area (Å²) in [5.74, 6) is 0.361. The molecule has 2 heterocycles. The minimum Gasteiger partial charge on any atom is -0.423 e. The van der Waals surface area contributed by atoms with Gasteiger partial charge in [0.15, 0.2) is 0 Å². The topological polar surface area (TPSA) is 85.5 Å². The van der Waals surface area contributed by atoms with Gasteiger partial charge in [0.2, 0.25) is 22.3 Å². The van der Waals surface area contributed by atoms with Crippen molar-refractivity contribution >= 4 is 10.0 Å². The van der Waals surface area contributed by atoms with Crippen LogP contribution >= 0.6 is 0 Å². The normalized spacial score (nSPS) is 17.2. The van der Waals surface area contributed by atoms with Gasteiger partial charge in [0.05, 0.1) is 18.1 Å². The number of hydrogen-bond donors (Lipinski definition) is 0. The van der Waals surface area contributed by atoms with Gasteiger partial charge in [-0.15, -0.1) is 10.2 Å². The molecule has 0 N–H and O–H groups in total. The van der Waals surface area contributed by atoms with E-state index in [4.69, 9.17) is 9.15 Å². The lowest BCUT2D eigenvalue weighted by molar-refractivity contribution is 0.0730. The highest BCUT2D eigenvalue weighted by Gasteiger charge is 2.26. The summed E-state index contributed by atoms with van der Waals surface area (Å²) in [5, 5.41) is 7.36. The maximum atomic E-state index is 12.4. The molecule has 0 bridgehead atoms. The Kier molecular flexibility index (Phi) is 3.51. The summed E-state index contributed by atoms with van der Waals surface area (Å²) >= 11 is 0. The molecular weight excluding hydrogens is 282 g/mol. The minimum atomic E-state index is -3.46. The molecule has 0 spiro atoms. The predicted molar refractivity (Wildman–Crippen MR) is 69.3 cm³/mol.